The third kappa shape index (κ3) is 10.4. The summed E-state index contributed by atoms with van der Waals surface area (Å²) in [7, 11) is 0. The van der Waals surface area contributed by atoms with Crippen LogP contribution in [0.4, 0.5) is 5.82 Å². The van der Waals surface area contributed by atoms with Gasteiger partial charge in [-0.05, 0) is 77.0 Å². The Bertz CT molecular complexity index is 793. The number of hydrogen-bond donors (Lipinski definition) is 2. The van der Waals surface area contributed by atoms with Crippen molar-refractivity contribution in [1.29, 1.82) is 0 Å². The van der Waals surface area contributed by atoms with E-state index < -0.39 is 5.97 Å². The maximum absolute atomic E-state index is 10.4. The molecule has 0 radical (unpaired) electrons. The molecule has 0 atom stereocenters. The standard InChI is InChI=1S/C20H32N2O2.C5H6N2/c1-20(2)15-9-10-16-13-14-17(21-19(16)22-20)11-7-5-3-4-6-8-12-18(23)24;1-5-6-3-2-4-7-5/h13-14H,3-12,15H2,1-2H3,(H,21,22)(H,23,24);2-4H,1H3. The van der Waals surface area contributed by atoms with Crippen molar-refractivity contribution in [3.63, 3.8) is 0 Å². The van der Waals surface area contributed by atoms with E-state index in [1.165, 1.54) is 36.9 Å². The molecule has 2 aromatic heterocycles. The molecule has 0 amide bonds. The van der Waals surface area contributed by atoms with Gasteiger partial charge in [-0.2, -0.15) is 0 Å². The largest absolute Gasteiger partial charge is 0.481 e. The van der Waals surface area contributed by atoms with Gasteiger partial charge in [-0.3, -0.25) is 4.79 Å². The molecule has 0 saturated heterocycles. The molecule has 170 valence electrons. The van der Waals surface area contributed by atoms with Crippen LogP contribution in [0.3, 0.4) is 0 Å². The first-order chi connectivity index (χ1) is 14.9. The summed E-state index contributed by atoms with van der Waals surface area (Å²) in [5, 5.41) is 12.2. The van der Waals surface area contributed by atoms with Crippen molar-refractivity contribution in [3.8, 4) is 0 Å². The van der Waals surface area contributed by atoms with Crippen LogP contribution in [0.1, 0.15) is 88.7 Å². The summed E-state index contributed by atoms with van der Waals surface area (Å²) in [6.07, 6.45) is 14.8. The van der Waals surface area contributed by atoms with Gasteiger partial charge in [0.15, 0.2) is 0 Å². The average molecular weight is 427 g/mol. The van der Waals surface area contributed by atoms with E-state index in [4.69, 9.17) is 10.1 Å². The first-order valence-corrected chi connectivity index (χ1v) is 11.6. The molecule has 3 rings (SSSR count). The molecular formula is C25H38N4O2. The second-order valence-corrected chi connectivity index (χ2v) is 8.98. The number of rotatable bonds is 9. The van der Waals surface area contributed by atoms with Crippen molar-refractivity contribution in [1.82, 2.24) is 15.0 Å². The monoisotopic (exact) mass is 426 g/mol. The summed E-state index contributed by atoms with van der Waals surface area (Å²) in [4.78, 5) is 23.0. The molecule has 3 heterocycles. The fourth-order valence-corrected chi connectivity index (χ4v) is 3.74. The second kappa shape index (κ2) is 13.0. The average Bonchev–Trinajstić information content (AvgIpc) is 2.87. The number of nitrogens with zero attached hydrogens (tertiary/aromatic N) is 3. The number of aromatic nitrogens is 3. The number of carbonyl (C=O) groups is 1. The molecule has 6 nitrogen and oxygen atoms in total. The summed E-state index contributed by atoms with van der Waals surface area (Å²) in [5.74, 6) is 1.23. The quantitative estimate of drug-likeness (QED) is 0.496. The molecule has 0 unspecified atom stereocenters. The minimum Gasteiger partial charge on any atom is -0.481 e. The van der Waals surface area contributed by atoms with E-state index in [-0.39, 0.29) is 5.54 Å². The van der Waals surface area contributed by atoms with Gasteiger partial charge in [0, 0.05) is 30.0 Å². The third-order valence-corrected chi connectivity index (χ3v) is 5.51. The van der Waals surface area contributed by atoms with Gasteiger partial charge < -0.3 is 10.4 Å². The molecule has 2 N–H and O–H groups in total. The predicted octanol–water partition coefficient (Wildman–Crippen LogP) is 5.75. The molecule has 0 saturated carbocycles. The van der Waals surface area contributed by atoms with Gasteiger partial charge in [0.05, 0.1) is 0 Å². The Hall–Kier alpha value is -2.50. The van der Waals surface area contributed by atoms with E-state index in [1.807, 2.05) is 6.92 Å². The zero-order valence-electron chi connectivity index (χ0n) is 19.4. The molecule has 1 aliphatic rings. The van der Waals surface area contributed by atoms with E-state index in [0.29, 0.717) is 6.42 Å². The molecule has 1 aliphatic heterocycles. The van der Waals surface area contributed by atoms with Crippen LogP contribution in [0.2, 0.25) is 0 Å². The number of hydrogen-bond acceptors (Lipinski definition) is 5. The van der Waals surface area contributed by atoms with Gasteiger partial charge in [-0.1, -0.05) is 31.7 Å². The molecule has 0 spiro atoms. The minimum absolute atomic E-state index is 0.132. The summed E-state index contributed by atoms with van der Waals surface area (Å²) in [6.45, 7) is 6.36. The van der Waals surface area contributed by atoms with Crippen LogP contribution in [0.15, 0.2) is 30.6 Å². The normalized spacial score (nSPS) is 14.4. The Morgan fingerprint density at radius 1 is 1.06 bits per heavy atom. The van der Waals surface area contributed by atoms with Gasteiger partial charge >= 0.3 is 5.97 Å². The van der Waals surface area contributed by atoms with Crippen LogP contribution in [-0.4, -0.2) is 31.6 Å². The zero-order valence-corrected chi connectivity index (χ0v) is 19.4. The molecule has 2 aromatic rings. The van der Waals surface area contributed by atoms with Gasteiger partial charge in [-0.25, -0.2) is 15.0 Å². The van der Waals surface area contributed by atoms with Crippen LogP contribution in [0.5, 0.6) is 0 Å². The lowest BCUT2D eigenvalue weighted by molar-refractivity contribution is -0.137. The summed E-state index contributed by atoms with van der Waals surface area (Å²) < 4.78 is 0. The lowest BCUT2D eigenvalue weighted by Gasteiger charge is -2.25. The molecule has 6 heteroatoms. The highest BCUT2D eigenvalue weighted by atomic mass is 16.4. The Morgan fingerprint density at radius 2 is 1.74 bits per heavy atom. The number of aryl methyl sites for hydroxylation is 3. The number of fused-ring (bicyclic) bond motifs is 1. The molecular weight excluding hydrogens is 388 g/mol. The minimum atomic E-state index is -0.680. The summed E-state index contributed by atoms with van der Waals surface area (Å²) >= 11 is 0. The zero-order chi connectivity index (χ0) is 22.5. The Labute approximate surface area is 186 Å². The van der Waals surface area contributed by atoms with Crippen LogP contribution in [0, 0.1) is 6.92 Å². The van der Waals surface area contributed by atoms with Crippen LogP contribution >= 0.6 is 0 Å². The first kappa shape index (κ1) is 24.8. The van der Waals surface area contributed by atoms with Crippen LogP contribution in [-0.2, 0) is 17.6 Å². The van der Waals surface area contributed by atoms with Crippen molar-refractivity contribution in [2.45, 2.75) is 96.9 Å². The highest BCUT2D eigenvalue weighted by Gasteiger charge is 2.22. The van der Waals surface area contributed by atoms with E-state index in [1.54, 1.807) is 18.5 Å². The van der Waals surface area contributed by atoms with E-state index in [9.17, 15) is 4.79 Å². The van der Waals surface area contributed by atoms with Crippen molar-refractivity contribution in [2.75, 3.05) is 5.32 Å². The molecule has 0 aliphatic carbocycles. The van der Waals surface area contributed by atoms with E-state index in [2.05, 4.69) is 41.3 Å². The van der Waals surface area contributed by atoms with Crippen molar-refractivity contribution in [2.24, 2.45) is 0 Å². The number of unbranched alkanes of at least 4 members (excludes halogenated alkanes) is 5. The Balaban J connectivity index is 0.000000412. The summed E-state index contributed by atoms with van der Waals surface area (Å²) in [6, 6.07) is 6.23. The molecule has 0 fully saturated rings. The highest BCUT2D eigenvalue weighted by Crippen LogP contribution is 2.28. The fraction of sp³-hybridized carbons (Fsp3) is 0.600. The second-order valence-electron chi connectivity index (χ2n) is 8.98. The van der Waals surface area contributed by atoms with Crippen molar-refractivity contribution < 1.29 is 9.90 Å². The maximum Gasteiger partial charge on any atom is 0.303 e. The van der Waals surface area contributed by atoms with Gasteiger partial charge in [0.1, 0.15) is 11.6 Å². The molecule has 0 aromatic carbocycles. The Kier molecular flexibility index (Phi) is 10.4. The highest BCUT2D eigenvalue weighted by molar-refractivity contribution is 5.66. The number of nitrogens with one attached hydrogen (secondary N) is 1. The third-order valence-electron chi connectivity index (χ3n) is 5.51. The van der Waals surface area contributed by atoms with Crippen molar-refractivity contribution in [3.05, 3.63) is 47.7 Å². The number of carboxylic acid groups (broad SMARTS) is 1. The Morgan fingerprint density at radius 3 is 2.39 bits per heavy atom. The molecule has 0 bridgehead atoms. The van der Waals surface area contributed by atoms with Gasteiger partial charge in [0.2, 0.25) is 0 Å². The number of aliphatic carboxylic acids is 1. The number of anilines is 1. The van der Waals surface area contributed by atoms with E-state index >= 15 is 0 Å². The topological polar surface area (TPSA) is 88.0 Å². The van der Waals surface area contributed by atoms with Crippen molar-refractivity contribution >= 4 is 11.8 Å². The van der Waals surface area contributed by atoms with Crippen LogP contribution < -0.4 is 5.32 Å². The maximum atomic E-state index is 10.4. The fourth-order valence-electron chi connectivity index (χ4n) is 3.74. The van der Waals surface area contributed by atoms with Crippen LogP contribution in [0.25, 0.3) is 0 Å². The van der Waals surface area contributed by atoms with Gasteiger partial charge in [-0.15, -0.1) is 0 Å². The number of carboxylic acids is 1. The SMILES string of the molecule is CC1(C)CCCc2ccc(CCCCCCCCC(=O)O)nc2N1.Cc1ncccn1. The van der Waals surface area contributed by atoms with Gasteiger partial charge in [0.25, 0.3) is 0 Å². The number of pyridine rings is 1. The lowest BCUT2D eigenvalue weighted by atomic mass is 9.99. The lowest BCUT2D eigenvalue weighted by Crippen LogP contribution is -2.30. The summed E-state index contributed by atoms with van der Waals surface area (Å²) in [5.41, 5.74) is 2.67. The van der Waals surface area contributed by atoms with E-state index in [0.717, 1.165) is 50.2 Å². The molecule has 31 heavy (non-hydrogen) atoms. The first-order valence-electron chi connectivity index (χ1n) is 11.6. The predicted molar refractivity (Wildman–Crippen MR) is 125 cm³/mol. The smallest absolute Gasteiger partial charge is 0.303 e.